The van der Waals surface area contributed by atoms with Crippen molar-refractivity contribution in [1.29, 1.82) is 0 Å². The topological polar surface area (TPSA) is 77.0 Å². The van der Waals surface area contributed by atoms with E-state index >= 15 is 0 Å². The molecular formula is C11H17N3O3S. The van der Waals surface area contributed by atoms with E-state index in [0.29, 0.717) is 16.5 Å². The van der Waals surface area contributed by atoms with Crippen molar-refractivity contribution in [3.8, 4) is 0 Å². The molecule has 18 heavy (non-hydrogen) atoms. The highest BCUT2D eigenvalue weighted by atomic mass is 32.2. The first-order chi connectivity index (χ1) is 8.47. The summed E-state index contributed by atoms with van der Waals surface area (Å²) in [5.74, 6) is 0.205. The van der Waals surface area contributed by atoms with E-state index in [1.807, 2.05) is 13.8 Å². The third-order valence-corrected chi connectivity index (χ3v) is 3.18. The number of aromatic nitrogens is 3. The highest BCUT2D eigenvalue weighted by Crippen LogP contribution is 2.17. The second-order valence-corrected chi connectivity index (χ2v) is 4.95. The smallest absolute Gasteiger partial charge is 0.344 e. The minimum absolute atomic E-state index is 0.0458. The molecule has 0 aliphatic carbocycles. The van der Waals surface area contributed by atoms with Crippen molar-refractivity contribution in [3.63, 3.8) is 0 Å². The summed E-state index contributed by atoms with van der Waals surface area (Å²) in [5, 5.41) is 6.97. The Morgan fingerprint density at radius 3 is 2.83 bits per heavy atom. The largest absolute Gasteiger partial charge is 0.466 e. The fourth-order valence-corrected chi connectivity index (χ4v) is 2.36. The van der Waals surface area contributed by atoms with E-state index < -0.39 is 0 Å². The lowest BCUT2D eigenvalue weighted by atomic mass is 10.3. The van der Waals surface area contributed by atoms with Gasteiger partial charge in [-0.05, 0) is 20.8 Å². The van der Waals surface area contributed by atoms with Crippen LogP contribution in [-0.4, -0.2) is 33.6 Å². The summed E-state index contributed by atoms with van der Waals surface area (Å²) in [6, 6.07) is 0.0458. The maximum absolute atomic E-state index is 11.5. The van der Waals surface area contributed by atoms with Crippen molar-refractivity contribution in [3.05, 3.63) is 22.1 Å². The van der Waals surface area contributed by atoms with Crippen LogP contribution in [-0.2, 0) is 9.53 Å². The van der Waals surface area contributed by atoms with Gasteiger partial charge in [0.1, 0.15) is 0 Å². The average Bonchev–Trinajstić information content (AvgIpc) is 2.69. The Morgan fingerprint density at radius 1 is 1.61 bits per heavy atom. The Hall–Kier alpha value is -1.50. The van der Waals surface area contributed by atoms with E-state index in [4.69, 9.17) is 0 Å². The number of aromatic amines is 1. The Labute approximate surface area is 109 Å². The van der Waals surface area contributed by atoms with Crippen molar-refractivity contribution in [2.24, 2.45) is 0 Å². The molecule has 1 rings (SSSR count). The number of nitrogens with zero attached hydrogens (tertiary/aromatic N) is 2. The van der Waals surface area contributed by atoms with Crippen molar-refractivity contribution >= 4 is 17.7 Å². The number of esters is 1. The number of hydrogen-bond acceptors (Lipinski definition) is 5. The van der Waals surface area contributed by atoms with E-state index in [2.05, 4.69) is 14.9 Å². The fraction of sp³-hybridized carbons (Fsp3) is 0.545. The molecule has 0 radical (unpaired) electrons. The van der Waals surface area contributed by atoms with Crippen molar-refractivity contribution in [1.82, 2.24) is 14.8 Å². The Balaban J connectivity index is 2.71. The lowest BCUT2D eigenvalue weighted by Gasteiger charge is -2.07. The van der Waals surface area contributed by atoms with Gasteiger partial charge >= 0.3 is 11.7 Å². The Morgan fingerprint density at radius 2 is 2.28 bits per heavy atom. The zero-order valence-corrected chi connectivity index (χ0v) is 11.7. The van der Waals surface area contributed by atoms with E-state index in [-0.39, 0.29) is 17.7 Å². The van der Waals surface area contributed by atoms with Crippen LogP contribution in [0.2, 0.25) is 0 Å². The van der Waals surface area contributed by atoms with Gasteiger partial charge in [0.25, 0.3) is 0 Å². The van der Waals surface area contributed by atoms with Crippen LogP contribution < -0.4 is 5.69 Å². The molecule has 0 saturated carbocycles. The monoisotopic (exact) mass is 271 g/mol. The van der Waals surface area contributed by atoms with Crippen LogP contribution in [0.4, 0.5) is 0 Å². The third-order valence-electron chi connectivity index (χ3n) is 2.30. The van der Waals surface area contributed by atoms with Gasteiger partial charge in [-0.1, -0.05) is 17.8 Å². The van der Waals surface area contributed by atoms with Gasteiger partial charge in [0.05, 0.1) is 7.11 Å². The first kappa shape index (κ1) is 14.6. The predicted octanol–water partition coefficient (Wildman–Crippen LogP) is 1.36. The zero-order chi connectivity index (χ0) is 13.7. The molecule has 6 nitrogen and oxygen atoms in total. The van der Waals surface area contributed by atoms with Gasteiger partial charge < -0.3 is 4.74 Å². The van der Waals surface area contributed by atoms with Crippen LogP contribution in [0.3, 0.4) is 0 Å². The molecule has 100 valence electrons. The lowest BCUT2D eigenvalue weighted by molar-refractivity contribution is -0.136. The molecule has 7 heteroatoms. The Kier molecular flexibility index (Phi) is 5.21. The molecular weight excluding hydrogens is 254 g/mol. The van der Waals surface area contributed by atoms with Gasteiger partial charge in [-0.2, -0.15) is 0 Å². The SMILES string of the molecule is COC(=O)C(C)=CCSc1n[nH]c(=O)n1C(C)C. The summed E-state index contributed by atoms with van der Waals surface area (Å²) in [7, 11) is 1.34. The van der Waals surface area contributed by atoms with E-state index in [1.54, 1.807) is 17.6 Å². The first-order valence-electron chi connectivity index (χ1n) is 5.52. The second kappa shape index (κ2) is 6.44. The van der Waals surface area contributed by atoms with E-state index in [1.165, 1.54) is 18.9 Å². The maximum atomic E-state index is 11.5. The van der Waals surface area contributed by atoms with Crippen LogP contribution in [0, 0.1) is 0 Å². The van der Waals surface area contributed by atoms with Gasteiger partial charge in [-0.3, -0.25) is 4.57 Å². The number of carbonyl (C=O) groups excluding carboxylic acids is 1. The highest BCUT2D eigenvalue weighted by Gasteiger charge is 2.11. The molecule has 1 aromatic heterocycles. The number of rotatable bonds is 5. The number of ether oxygens (including phenoxy) is 1. The summed E-state index contributed by atoms with van der Waals surface area (Å²) in [4.78, 5) is 22.6. The molecule has 0 bridgehead atoms. The summed E-state index contributed by atoms with van der Waals surface area (Å²) in [6.07, 6.45) is 1.75. The van der Waals surface area contributed by atoms with E-state index in [0.717, 1.165) is 0 Å². The molecule has 0 saturated heterocycles. The summed E-state index contributed by atoms with van der Waals surface area (Å²) in [5.41, 5.74) is 0.320. The lowest BCUT2D eigenvalue weighted by Crippen LogP contribution is -2.19. The quantitative estimate of drug-likeness (QED) is 0.497. The summed E-state index contributed by atoms with van der Waals surface area (Å²) < 4.78 is 6.16. The summed E-state index contributed by atoms with van der Waals surface area (Å²) >= 11 is 1.39. The second-order valence-electron chi connectivity index (χ2n) is 3.96. The van der Waals surface area contributed by atoms with Gasteiger partial charge in [0.2, 0.25) is 0 Å². The molecule has 0 fully saturated rings. The number of methoxy groups -OCH3 is 1. The van der Waals surface area contributed by atoms with Gasteiger partial charge in [-0.25, -0.2) is 14.7 Å². The molecule has 0 aliphatic rings. The zero-order valence-electron chi connectivity index (χ0n) is 10.9. The minimum Gasteiger partial charge on any atom is -0.466 e. The number of hydrogen-bond donors (Lipinski definition) is 1. The van der Waals surface area contributed by atoms with Gasteiger partial charge in [-0.15, -0.1) is 5.10 Å². The van der Waals surface area contributed by atoms with E-state index in [9.17, 15) is 9.59 Å². The molecule has 0 spiro atoms. The fourth-order valence-electron chi connectivity index (χ4n) is 1.33. The number of H-pyrrole nitrogens is 1. The molecule has 0 atom stereocenters. The molecule has 0 aliphatic heterocycles. The van der Waals surface area contributed by atoms with Crippen molar-refractivity contribution in [2.45, 2.75) is 32.0 Å². The molecule has 0 aromatic carbocycles. The van der Waals surface area contributed by atoms with Crippen LogP contribution in [0.5, 0.6) is 0 Å². The summed E-state index contributed by atoms with van der Waals surface area (Å²) in [6.45, 7) is 5.51. The maximum Gasteiger partial charge on any atom is 0.344 e. The standard InChI is InChI=1S/C11H17N3O3S/c1-7(2)14-10(16)12-13-11(14)18-6-5-8(3)9(15)17-4/h5,7H,6H2,1-4H3,(H,12,16). The number of nitrogens with one attached hydrogen (secondary N) is 1. The first-order valence-corrected chi connectivity index (χ1v) is 6.50. The van der Waals surface area contributed by atoms with Crippen molar-refractivity contribution < 1.29 is 9.53 Å². The predicted molar refractivity (Wildman–Crippen MR) is 69.7 cm³/mol. The van der Waals surface area contributed by atoms with Crippen LogP contribution in [0.15, 0.2) is 21.6 Å². The molecule has 1 aromatic rings. The third kappa shape index (κ3) is 3.49. The Bertz CT molecular complexity index is 502. The minimum atomic E-state index is -0.348. The molecule has 0 amide bonds. The number of carbonyl (C=O) groups is 1. The average molecular weight is 271 g/mol. The van der Waals surface area contributed by atoms with Crippen LogP contribution in [0.25, 0.3) is 0 Å². The van der Waals surface area contributed by atoms with Gasteiger partial charge in [0, 0.05) is 17.4 Å². The van der Waals surface area contributed by atoms with Crippen LogP contribution >= 0.6 is 11.8 Å². The normalized spacial score (nSPS) is 11.9. The molecule has 1 N–H and O–H groups in total. The van der Waals surface area contributed by atoms with Crippen LogP contribution in [0.1, 0.15) is 26.8 Å². The number of thioether (sulfide) groups is 1. The van der Waals surface area contributed by atoms with Crippen molar-refractivity contribution in [2.75, 3.05) is 12.9 Å². The molecule has 0 unspecified atom stereocenters. The highest BCUT2D eigenvalue weighted by molar-refractivity contribution is 7.99. The van der Waals surface area contributed by atoms with Gasteiger partial charge in [0.15, 0.2) is 5.16 Å². The molecule has 1 heterocycles.